The lowest BCUT2D eigenvalue weighted by Gasteiger charge is -2.37. The summed E-state index contributed by atoms with van der Waals surface area (Å²) in [5.74, 6) is 1.75. The summed E-state index contributed by atoms with van der Waals surface area (Å²) in [6.07, 6.45) is 0. The van der Waals surface area contributed by atoms with Crippen molar-refractivity contribution in [2.24, 2.45) is 0 Å². The molecule has 6 heteroatoms. The van der Waals surface area contributed by atoms with Crippen molar-refractivity contribution in [3.63, 3.8) is 0 Å². The average molecular weight is 553 g/mol. The number of methoxy groups -OCH3 is 2. The molecule has 38 heavy (non-hydrogen) atoms. The molecule has 0 fully saturated rings. The molecule has 0 aliphatic carbocycles. The van der Waals surface area contributed by atoms with Crippen LogP contribution in [0.1, 0.15) is 52.7 Å². The van der Waals surface area contributed by atoms with E-state index in [0.717, 1.165) is 11.5 Å². The molecule has 0 bridgehead atoms. The molecule has 206 valence electrons. The summed E-state index contributed by atoms with van der Waals surface area (Å²) in [5, 5.41) is 3.88. The zero-order valence-corrected chi connectivity index (χ0v) is 26.7. The zero-order valence-electron chi connectivity index (χ0n) is 24.8. The van der Waals surface area contributed by atoms with E-state index >= 15 is 0 Å². The van der Waals surface area contributed by atoms with Crippen LogP contribution < -0.4 is 25.3 Å². The molecule has 0 amide bonds. The van der Waals surface area contributed by atoms with Gasteiger partial charge in [0.05, 0.1) is 0 Å². The van der Waals surface area contributed by atoms with Crippen molar-refractivity contribution in [3.05, 3.63) is 77.9 Å². The van der Waals surface area contributed by atoms with E-state index in [0.29, 0.717) is 0 Å². The molecule has 0 aliphatic heterocycles. The summed E-state index contributed by atoms with van der Waals surface area (Å²) in [4.78, 5) is 0. The summed E-state index contributed by atoms with van der Waals surface area (Å²) in [6.45, 7) is 18.9. The number of ether oxygens (including phenoxy) is 4. The second kappa shape index (κ2) is 12.3. The van der Waals surface area contributed by atoms with E-state index in [4.69, 9.17) is 18.9 Å². The van der Waals surface area contributed by atoms with Gasteiger partial charge in [0.2, 0.25) is 0 Å². The first-order chi connectivity index (χ1) is 17.8. The molecular formula is C32H45O4PSi. The molecular weight excluding hydrogens is 507 g/mol. The van der Waals surface area contributed by atoms with Crippen LogP contribution in [0.25, 0.3) is 0 Å². The Labute approximate surface area is 232 Å². The largest absolute Gasteiger partial charge is 0.467 e. The van der Waals surface area contributed by atoms with E-state index in [-0.39, 0.29) is 24.4 Å². The van der Waals surface area contributed by atoms with Gasteiger partial charge in [0.25, 0.3) is 0 Å². The van der Waals surface area contributed by atoms with Crippen molar-refractivity contribution in [1.82, 2.24) is 0 Å². The molecule has 0 heterocycles. The average Bonchev–Trinajstić information content (AvgIpc) is 2.86. The lowest BCUT2D eigenvalue weighted by atomic mass is 9.87. The van der Waals surface area contributed by atoms with Crippen LogP contribution in [-0.4, -0.2) is 35.5 Å². The third-order valence-electron chi connectivity index (χ3n) is 6.84. The van der Waals surface area contributed by atoms with Crippen LogP contribution in [0.4, 0.5) is 0 Å². The highest BCUT2D eigenvalue weighted by Gasteiger charge is 2.40. The molecule has 3 aromatic rings. The van der Waals surface area contributed by atoms with Crippen LogP contribution in [0.15, 0.2) is 66.7 Å². The van der Waals surface area contributed by atoms with Crippen molar-refractivity contribution in [3.8, 4) is 11.5 Å². The maximum Gasteiger partial charge on any atom is 0.188 e. The molecule has 0 unspecified atom stereocenters. The van der Waals surface area contributed by atoms with Crippen molar-refractivity contribution >= 4 is 31.0 Å². The standard InChI is InChI=1S/C32H45O4PSi/c1-31(2,3)24-16-18-27(35-22-33-7)29(20-24)37(38(9,10)26-14-12-11-13-15-26)30-21-25(32(4,5)6)17-19-28(30)36-23-34-8/h11-21H,22-23H2,1-10H3. The Bertz CT molecular complexity index is 1130. The number of hydrogen-bond donors (Lipinski definition) is 0. The van der Waals surface area contributed by atoms with Gasteiger partial charge in [-0.05, 0) is 53.7 Å². The Morgan fingerprint density at radius 2 is 1.05 bits per heavy atom. The number of benzene rings is 3. The molecule has 0 aliphatic rings. The third kappa shape index (κ3) is 7.07. The smallest absolute Gasteiger partial charge is 0.188 e. The molecule has 4 nitrogen and oxygen atoms in total. The SMILES string of the molecule is COCOc1ccc(C(C)(C)C)cc1P(c1cc(C(C)(C)C)ccc1OCOC)[Si](C)(C)c1ccccc1. The van der Waals surface area contributed by atoms with Gasteiger partial charge in [-0.3, -0.25) is 0 Å². The molecule has 0 radical (unpaired) electrons. The van der Waals surface area contributed by atoms with E-state index in [1.807, 2.05) is 0 Å². The van der Waals surface area contributed by atoms with E-state index in [9.17, 15) is 0 Å². The fraction of sp³-hybridized carbons (Fsp3) is 0.438. The monoisotopic (exact) mass is 552 g/mol. The van der Waals surface area contributed by atoms with Crippen molar-refractivity contribution in [1.29, 1.82) is 0 Å². The van der Waals surface area contributed by atoms with E-state index < -0.39 is 15.2 Å². The third-order valence-corrected chi connectivity index (χ3v) is 16.9. The number of rotatable bonds is 10. The molecule has 0 atom stereocenters. The van der Waals surface area contributed by atoms with Gasteiger partial charge in [-0.25, -0.2) is 0 Å². The maximum atomic E-state index is 6.26. The molecule has 0 saturated heterocycles. The van der Waals surface area contributed by atoms with Crippen LogP contribution in [0.2, 0.25) is 13.1 Å². The van der Waals surface area contributed by atoms with Gasteiger partial charge >= 0.3 is 0 Å². The Kier molecular flexibility index (Phi) is 9.86. The second-order valence-electron chi connectivity index (χ2n) is 12.2. The predicted octanol–water partition coefficient (Wildman–Crippen LogP) is 6.79. The fourth-order valence-corrected chi connectivity index (χ4v) is 14.4. The van der Waals surface area contributed by atoms with Gasteiger partial charge < -0.3 is 18.9 Å². The normalized spacial score (nSPS) is 12.6. The minimum Gasteiger partial charge on any atom is -0.467 e. The molecule has 0 aromatic heterocycles. The van der Waals surface area contributed by atoms with E-state index in [1.165, 1.54) is 26.9 Å². The van der Waals surface area contributed by atoms with Gasteiger partial charge in [0, 0.05) is 24.8 Å². The first-order valence-corrected chi connectivity index (χ1v) is 18.4. The van der Waals surface area contributed by atoms with Gasteiger partial charge in [-0.15, -0.1) is 0 Å². The Hall–Kier alpha value is -2.17. The topological polar surface area (TPSA) is 36.9 Å². The summed E-state index contributed by atoms with van der Waals surface area (Å²) in [6, 6.07) is 24.3. The first-order valence-electron chi connectivity index (χ1n) is 13.2. The van der Waals surface area contributed by atoms with Crippen molar-refractivity contribution in [2.45, 2.75) is 65.5 Å². The number of hydrogen-bond acceptors (Lipinski definition) is 4. The van der Waals surface area contributed by atoms with Crippen LogP contribution in [0.3, 0.4) is 0 Å². The molecule has 0 saturated carbocycles. The fourth-order valence-electron chi connectivity index (χ4n) is 4.51. The van der Waals surface area contributed by atoms with E-state index in [1.54, 1.807) is 14.2 Å². The zero-order chi connectivity index (χ0) is 28.1. The van der Waals surface area contributed by atoms with Gasteiger partial charge in [-0.1, -0.05) is 102 Å². The first kappa shape index (κ1) is 30.4. The molecule has 3 rings (SSSR count). The van der Waals surface area contributed by atoms with Crippen molar-refractivity contribution < 1.29 is 18.9 Å². The molecule has 3 aromatic carbocycles. The van der Waals surface area contributed by atoms with Crippen LogP contribution in [-0.2, 0) is 20.3 Å². The van der Waals surface area contributed by atoms with Crippen LogP contribution >= 0.6 is 7.47 Å². The van der Waals surface area contributed by atoms with Gasteiger partial charge in [0.15, 0.2) is 13.6 Å². The highest BCUT2D eigenvalue weighted by molar-refractivity contribution is 8.06. The maximum absolute atomic E-state index is 6.26. The Morgan fingerprint density at radius 1 is 0.632 bits per heavy atom. The highest BCUT2D eigenvalue weighted by Crippen LogP contribution is 2.50. The lowest BCUT2D eigenvalue weighted by molar-refractivity contribution is 0.0518. The van der Waals surface area contributed by atoms with Crippen molar-refractivity contribution in [2.75, 3.05) is 27.8 Å². The lowest BCUT2D eigenvalue weighted by Crippen LogP contribution is -2.46. The Morgan fingerprint density at radius 3 is 1.42 bits per heavy atom. The van der Waals surface area contributed by atoms with Crippen LogP contribution in [0, 0.1) is 0 Å². The van der Waals surface area contributed by atoms with E-state index in [2.05, 4.69) is 121 Å². The molecule has 0 spiro atoms. The predicted molar refractivity (Wildman–Crippen MR) is 165 cm³/mol. The Balaban J connectivity index is 2.42. The van der Waals surface area contributed by atoms with Crippen LogP contribution in [0.5, 0.6) is 11.5 Å². The summed E-state index contributed by atoms with van der Waals surface area (Å²) < 4.78 is 23.2. The quantitative estimate of drug-likeness (QED) is 0.158. The van der Waals surface area contributed by atoms with Gasteiger partial charge in [-0.2, -0.15) is 0 Å². The minimum absolute atomic E-state index is 0.00335. The summed E-state index contributed by atoms with van der Waals surface area (Å²) in [7, 11) is 0.263. The summed E-state index contributed by atoms with van der Waals surface area (Å²) >= 11 is 0. The second-order valence-corrected chi connectivity index (χ2v) is 22.3. The highest BCUT2D eigenvalue weighted by atomic mass is 31.4. The molecule has 0 N–H and O–H groups in total. The minimum atomic E-state index is -2.17. The van der Waals surface area contributed by atoms with Gasteiger partial charge in [0.1, 0.15) is 19.2 Å². The summed E-state index contributed by atoms with van der Waals surface area (Å²) in [5.41, 5.74) is 2.57.